The van der Waals surface area contributed by atoms with Crippen molar-refractivity contribution in [2.45, 2.75) is 0 Å². The van der Waals surface area contributed by atoms with E-state index in [1.807, 2.05) is 0 Å². The van der Waals surface area contributed by atoms with Gasteiger partial charge in [0.1, 0.15) is 0 Å². The molecule has 0 aromatic heterocycles. The van der Waals surface area contributed by atoms with E-state index >= 15 is 0 Å². The summed E-state index contributed by atoms with van der Waals surface area (Å²) in [5.74, 6) is 0.204. The van der Waals surface area contributed by atoms with Gasteiger partial charge in [0.05, 0.1) is 7.11 Å². The van der Waals surface area contributed by atoms with Gasteiger partial charge in [0.15, 0.2) is 4.20 Å². The molecule has 0 amide bonds. The van der Waals surface area contributed by atoms with E-state index in [-0.39, 0.29) is 4.20 Å². The van der Waals surface area contributed by atoms with Crippen LogP contribution in [0.1, 0.15) is 0 Å². The zero-order valence-corrected chi connectivity index (χ0v) is 7.26. The van der Waals surface area contributed by atoms with E-state index in [0.29, 0.717) is 5.75 Å². The van der Waals surface area contributed by atoms with E-state index in [1.54, 1.807) is 6.08 Å². The van der Waals surface area contributed by atoms with Gasteiger partial charge in [-0.1, -0.05) is 18.3 Å². The topological polar surface area (TPSA) is 26.3 Å². The highest BCUT2D eigenvalue weighted by Crippen LogP contribution is 2.04. The van der Waals surface area contributed by atoms with Crippen molar-refractivity contribution in [2.75, 3.05) is 12.9 Å². The van der Waals surface area contributed by atoms with E-state index in [0.717, 1.165) is 0 Å². The summed E-state index contributed by atoms with van der Waals surface area (Å²) in [6.45, 7) is 3.49. The van der Waals surface area contributed by atoms with Crippen molar-refractivity contribution in [1.82, 2.24) is 0 Å². The summed E-state index contributed by atoms with van der Waals surface area (Å²) in [7, 11) is 1.31. The molecule has 10 heavy (non-hydrogen) atoms. The Balaban J connectivity index is 3.62. The third-order valence-electron chi connectivity index (χ3n) is 0.684. The van der Waals surface area contributed by atoms with Crippen LogP contribution in [0.5, 0.6) is 0 Å². The monoisotopic (exact) mass is 176 g/mol. The van der Waals surface area contributed by atoms with Gasteiger partial charge in [-0.2, -0.15) is 0 Å². The van der Waals surface area contributed by atoms with Crippen LogP contribution in [0.2, 0.25) is 0 Å². The number of rotatable bonds is 2. The molecule has 0 heterocycles. The molecule has 0 fully saturated rings. The average Bonchev–Trinajstić information content (AvgIpc) is 1.98. The highest BCUT2D eigenvalue weighted by molar-refractivity contribution is 8.25. The minimum absolute atomic E-state index is 0.252. The maximum absolute atomic E-state index is 10.6. The van der Waals surface area contributed by atoms with E-state index in [9.17, 15) is 4.79 Å². The summed E-state index contributed by atoms with van der Waals surface area (Å²) < 4.78 is 4.63. The van der Waals surface area contributed by atoms with E-state index < -0.39 is 5.97 Å². The number of thiocarbonyl (C=S) groups is 1. The van der Waals surface area contributed by atoms with E-state index in [1.165, 1.54) is 18.9 Å². The summed E-state index contributed by atoms with van der Waals surface area (Å²) in [6.07, 6.45) is 1.68. The smallest absolute Gasteiger partial charge is 0.355 e. The molecule has 0 saturated heterocycles. The maximum Gasteiger partial charge on any atom is 0.355 e. The molecule has 0 aliphatic heterocycles. The molecule has 0 aromatic rings. The van der Waals surface area contributed by atoms with Crippen LogP contribution in [-0.4, -0.2) is 23.0 Å². The van der Waals surface area contributed by atoms with E-state index in [4.69, 9.17) is 0 Å². The molecule has 0 radical (unpaired) electrons. The van der Waals surface area contributed by atoms with Crippen LogP contribution in [0, 0.1) is 0 Å². The number of hydrogen-bond acceptors (Lipinski definition) is 4. The predicted octanol–water partition coefficient (Wildman–Crippen LogP) is 1.41. The van der Waals surface area contributed by atoms with Gasteiger partial charge in [-0.25, -0.2) is 4.79 Å². The van der Waals surface area contributed by atoms with Crippen molar-refractivity contribution in [1.29, 1.82) is 0 Å². The van der Waals surface area contributed by atoms with Crippen LogP contribution in [0.25, 0.3) is 0 Å². The molecule has 0 bridgehead atoms. The Morgan fingerprint density at radius 1 is 1.90 bits per heavy atom. The maximum atomic E-state index is 10.6. The molecule has 0 aliphatic rings. The van der Waals surface area contributed by atoms with Crippen molar-refractivity contribution in [3.63, 3.8) is 0 Å². The highest BCUT2D eigenvalue weighted by Gasteiger charge is 2.07. The molecule has 4 heteroatoms. The number of esters is 1. The minimum Gasteiger partial charge on any atom is -0.464 e. The second kappa shape index (κ2) is 5.44. The van der Waals surface area contributed by atoms with Crippen LogP contribution < -0.4 is 0 Å². The molecule has 0 aliphatic carbocycles. The second-order valence-electron chi connectivity index (χ2n) is 1.38. The molecule has 2 nitrogen and oxygen atoms in total. The van der Waals surface area contributed by atoms with Crippen LogP contribution in [0.4, 0.5) is 0 Å². The van der Waals surface area contributed by atoms with E-state index in [2.05, 4.69) is 23.5 Å². The Morgan fingerprint density at radius 3 is 2.90 bits per heavy atom. The third-order valence-corrected chi connectivity index (χ3v) is 2.04. The lowest BCUT2D eigenvalue weighted by molar-refractivity contribution is -0.132. The summed E-state index contributed by atoms with van der Waals surface area (Å²) >= 11 is 5.93. The van der Waals surface area contributed by atoms with Gasteiger partial charge >= 0.3 is 5.97 Å². The molecular formula is C6H8O2S2. The molecule has 0 spiro atoms. The summed E-state index contributed by atoms with van der Waals surface area (Å²) in [6, 6.07) is 0. The molecule has 0 aromatic carbocycles. The Kier molecular flexibility index (Phi) is 5.25. The van der Waals surface area contributed by atoms with Crippen LogP contribution >= 0.6 is 24.0 Å². The van der Waals surface area contributed by atoms with Gasteiger partial charge in [0.25, 0.3) is 0 Å². The Hall–Kier alpha value is -0.350. The first kappa shape index (κ1) is 9.65. The molecular weight excluding hydrogens is 168 g/mol. The second-order valence-corrected chi connectivity index (χ2v) is 3.08. The van der Waals surface area contributed by atoms with Gasteiger partial charge in [-0.15, -0.1) is 18.3 Å². The van der Waals surface area contributed by atoms with Crippen molar-refractivity contribution < 1.29 is 9.53 Å². The van der Waals surface area contributed by atoms with Gasteiger partial charge in [-0.05, 0) is 0 Å². The van der Waals surface area contributed by atoms with Gasteiger partial charge in [-0.3, -0.25) is 0 Å². The summed E-state index contributed by atoms with van der Waals surface area (Å²) in [5.41, 5.74) is 0. The van der Waals surface area contributed by atoms with Gasteiger partial charge in [0.2, 0.25) is 0 Å². The fraction of sp³-hybridized carbons (Fsp3) is 0.333. The Bertz CT molecular complexity index is 154. The lowest BCUT2D eigenvalue weighted by atomic mass is 10.8. The zero-order valence-electron chi connectivity index (χ0n) is 5.62. The number of methoxy groups -OCH3 is 1. The fourth-order valence-electron chi connectivity index (χ4n) is 0.277. The minimum atomic E-state index is -0.443. The molecule has 0 rings (SSSR count). The predicted molar refractivity (Wildman–Crippen MR) is 47.3 cm³/mol. The van der Waals surface area contributed by atoms with Crippen molar-refractivity contribution in [2.24, 2.45) is 0 Å². The molecule has 0 saturated carbocycles. The van der Waals surface area contributed by atoms with Crippen molar-refractivity contribution in [3.8, 4) is 0 Å². The fourth-order valence-corrected chi connectivity index (χ4v) is 1.03. The largest absolute Gasteiger partial charge is 0.464 e. The van der Waals surface area contributed by atoms with Crippen LogP contribution in [0.3, 0.4) is 0 Å². The van der Waals surface area contributed by atoms with Crippen molar-refractivity contribution in [3.05, 3.63) is 12.7 Å². The highest BCUT2D eigenvalue weighted by atomic mass is 32.2. The SMILES string of the molecule is C=CCSC(=S)C(=O)OC. The third kappa shape index (κ3) is 3.63. The number of hydrogen-bond donors (Lipinski definition) is 0. The number of thioether (sulfide) groups is 1. The lowest BCUT2D eigenvalue weighted by Crippen LogP contribution is -2.09. The molecule has 56 valence electrons. The molecule has 0 unspecified atom stereocenters. The molecule has 0 atom stereocenters. The number of carbonyl (C=O) groups excluding carboxylic acids is 1. The lowest BCUT2D eigenvalue weighted by Gasteiger charge is -1.96. The van der Waals surface area contributed by atoms with Gasteiger partial charge < -0.3 is 4.74 Å². The number of carbonyl (C=O) groups is 1. The number of ether oxygens (including phenoxy) is 1. The quantitative estimate of drug-likeness (QED) is 0.361. The van der Waals surface area contributed by atoms with Gasteiger partial charge in [0, 0.05) is 5.75 Å². The summed E-state index contributed by atoms with van der Waals surface area (Å²) in [5, 5.41) is 0. The summed E-state index contributed by atoms with van der Waals surface area (Å²) in [4.78, 5) is 10.6. The normalized spacial score (nSPS) is 8.50. The zero-order chi connectivity index (χ0) is 7.98. The first-order chi connectivity index (χ1) is 4.72. The Morgan fingerprint density at radius 2 is 2.50 bits per heavy atom. The first-order valence-electron chi connectivity index (χ1n) is 2.58. The van der Waals surface area contributed by atoms with Crippen LogP contribution in [0.15, 0.2) is 12.7 Å². The Labute approximate surface area is 69.6 Å². The van der Waals surface area contributed by atoms with Crippen LogP contribution in [-0.2, 0) is 9.53 Å². The molecule has 0 N–H and O–H groups in total. The van der Waals surface area contributed by atoms with Crippen molar-refractivity contribution >= 4 is 34.1 Å². The standard InChI is InChI=1S/C6H8O2S2/c1-3-4-10-6(9)5(7)8-2/h3H,1,4H2,2H3. The average molecular weight is 176 g/mol. The first-order valence-corrected chi connectivity index (χ1v) is 3.97.